The molecule has 0 radical (unpaired) electrons. The van der Waals surface area contributed by atoms with Crippen molar-refractivity contribution < 1.29 is 58.2 Å². The number of esters is 3. The van der Waals surface area contributed by atoms with Crippen molar-refractivity contribution >= 4 is 23.9 Å². The van der Waals surface area contributed by atoms with E-state index in [0.717, 1.165) is 89.9 Å². The fraction of sp³-hybridized carbons (Fsp3) is 0.851. The minimum atomic E-state index is -1.90. The second-order valence-corrected chi connectivity index (χ2v) is 22.7. The molecule has 0 aliphatic carbocycles. The van der Waals surface area contributed by atoms with Crippen molar-refractivity contribution in [3.8, 4) is 0 Å². The van der Waals surface area contributed by atoms with E-state index in [4.69, 9.17) is 23.7 Å². The minimum absolute atomic E-state index is 0.0663. The number of carbonyl (C=O) groups excluding carboxylic acids is 3. The molecule has 6 unspecified atom stereocenters. The number of unbranched alkanes of at least 4 members (excludes halogenated alkanes) is 37. The smallest absolute Gasteiger partial charge is 0.335 e. The Hall–Kier alpha value is -3.06. The van der Waals surface area contributed by atoms with Gasteiger partial charge in [-0.2, -0.15) is 0 Å². The molecule has 3 N–H and O–H groups in total. The van der Waals surface area contributed by atoms with Gasteiger partial charge in [0.25, 0.3) is 0 Å². The van der Waals surface area contributed by atoms with Crippen molar-refractivity contribution in [1.82, 2.24) is 0 Å². The Morgan fingerprint density at radius 1 is 0.430 bits per heavy atom. The molecule has 12 nitrogen and oxygen atoms in total. The van der Waals surface area contributed by atoms with E-state index >= 15 is 0 Å². The van der Waals surface area contributed by atoms with Crippen LogP contribution < -0.4 is 0 Å². The number of carbonyl (C=O) groups is 4. The predicted molar refractivity (Wildman–Crippen MR) is 322 cm³/mol. The van der Waals surface area contributed by atoms with Crippen molar-refractivity contribution in [3.05, 3.63) is 36.5 Å². The molecule has 0 aromatic rings. The van der Waals surface area contributed by atoms with Gasteiger partial charge in [0.15, 0.2) is 24.6 Å². The van der Waals surface area contributed by atoms with Crippen LogP contribution in [-0.4, -0.2) is 89.2 Å². The quantitative estimate of drug-likeness (QED) is 0.0228. The second kappa shape index (κ2) is 55.5. The number of rotatable bonds is 57. The maximum atomic E-state index is 13.2. The molecular weight excluding hydrogens is 997 g/mol. The number of aliphatic carboxylic acids is 1. The van der Waals surface area contributed by atoms with Gasteiger partial charge in [0.2, 0.25) is 0 Å². The molecule has 12 heteroatoms. The van der Waals surface area contributed by atoms with Crippen molar-refractivity contribution in [2.45, 2.75) is 353 Å². The first kappa shape index (κ1) is 74.0. The van der Waals surface area contributed by atoms with Crippen molar-refractivity contribution in [3.63, 3.8) is 0 Å². The van der Waals surface area contributed by atoms with Crippen LogP contribution in [0.4, 0.5) is 0 Å². The summed E-state index contributed by atoms with van der Waals surface area (Å²) in [5.74, 6) is -3.09. The van der Waals surface area contributed by atoms with Crippen LogP contribution >= 0.6 is 0 Å². The lowest BCUT2D eigenvalue weighted by Gasteiger charge is -2.40. The number of allylic oxidation sites excluding steroid dienone is 6. The molecule has 0 amide bonds. The molecule has 6 atom stereocenters. The lowest BCUT2D eigenvalue weighted by atomic mass is 9.98. The number of hydrogen-bond donors (Lipinski definition) is 3. The molecule has 0 aromatic heterocycles. The third kappa shape index (κ3) is 45.2. The Bertz CT molecular complexity index is 1510. The molecule has 1 aliphatic rings. The SMILES string of the molecule is CC/C=C\C/C=C\C/C=C\CCCCCCCCCC(=O)OCC(COC1OC(C(=O)O)C(O)C(O)C1OC(=O)CCCCCCCCCCCCCCCCCCCCC)OC(=O)CCCCCCCCCCCCCCC. The third-order valence-electron chi connectivity index (χ3n) is 15.2. The summed E-state index contributed by atoms with van der Waals surface area (Å²) in [4.78, 5) is 51.3. The molecule has 0 spiro atoms. The minimum Gasteiger partial charge on any atom is -0.479 e. The Morgan fingerprint density at radius 3 is 1.22 bits per heavy atom. The number of aliphatic hydroxyl groups excluding tert-OH is 2. The van der Waals surface area contributed by atoms with E-state index in [9.17, 15) is 34.5 Å². The molecule has 1 aliphatic heterocycles. The van der Waals surface area contributed by atoms with E-state index in [0.29, 0.717) is 19.3 Å². The molecular formula is C67H120O12. The summed E-state index contributed by atoms with van der Waals surface area (Å²) in [7, 11) is 0. The molecule has 1 rings (SSSR count). The van der Waals surface area contributed by atoms with Gasteiger partial charge in [-0.1, -0.05) is 282 Å². The zero-order valence-corrected chi connectivity index (χ0v) is 50.9. The largest absolute Gasteiger partial charge is 0.479 e. The standard InChI is InChI=1S/C67H120O12/c1-4-7-10-13-16-19-22-25-27-29-30-32-34-37-40-43-46-49-52-55-61(70)78-65-63(72)62(71)64(66(73)74)79-67(65)76-57-58(77-60(69)54-51-48-45-42-39-35-24-21-18-15-12-9-6-3)56-75-59(68)53-50-47-44-41-38-36-33-31-28-26-23-20-17-14-11-8-5-2/h8,11,17,20,26,28,58,62-65,67,71-72H,4-7,9-10,12-16,18-19,21-25,27,29-57H2,1-3H3,(H,73,74)/b11-8-,20-17-,28-26-. The monoisotopic (exact) mass is 1120 g/mol. The number of hydrogen-bond acceptors (Lipinski definition) is 11. The number of carboxylic acids is 1. The fourth-order valence-electron chi connectivity index (χ4n) is 10.2. The highest BCUT2D eigenvalue weighted by Crippen LogP contribution is 2.27. The summed E-state index contributed by atoms with van der Waals surface area (Å²) in [6, 6.07) is 0. The first-order chi connectivity index (χ1) is 38.6. The molecule has 0 aromatic carbocycles. The van der Waals surface area contributed by atoms with E-state index in [-0.39, 0.29) is 25.9 Å². The van der Waals surface area contributed by atoms with E-state index in [1.165, 1.54) is 167 Å². The van der Waals surface area contributed by atoms with Crippen LogP contribution in [0.5, 0.6) is 0 Å². The fourth-order valence-corrected chi connectivity index (χ4v) is 10.2. The van der Waals surface area contributed by atoms with Gasteiger partial charge in [0.1, 0.15) is 18.8 Å². The van der Waals surface area contributed by atoms with Gasteiger partial charge < -0.3 is 39.0 Å². The van der Waals surface area contributed by atoms with Crippen molar-refractivity contribution in [2.24, 2.45) is 0 Å². The summed E-state index contributed by atoms with van der Waals surface area (Å²) < 4.78 is 28.6. The maximum Gasteiger partial charge on any atom is 0.335 e. The highest BCUT2D eigenvalue weighted by Gasteiger charge is 2.50. The van der Waals surface area contributed by atoms with Gasteiger partial charge in [-0.25, -0.2) is 4.79 Å². The maximum absolute atomic E-state index is 13.2. The van der Waals surface area contributed by atoms with Gasteiger partial charge in [0, 0.05) is 19.3 Å². The predicted octanol–water partition coefficient (Wildman–Crippen LogP) is 17.6. The van der Waals surface area contributed by atoms with E-state index < -0.39 is 67.3 Å². The van der Waals surface area contributed by atoms with Crippen molar-refractivity contribution in [1.29, 1.82) is 0 Å². The van der Waals surface area contributed by atoms with Gasteiger partial charge in [-0.3, -0.25) is 14.4 Å². The zero-order chi connectivity index (χ0) is 57.5. The number of aliphatic hydroxyl groups is 2. The number of ether oxygens (including phenoxy) is 5. The summed E-state index contributed by atoms with van der Waals surface area (Å²) in [6.45, 7) is 5.93. The van der Waals surface area contributed by atoms with Gasteiger partial charge >= 0.3 is 23.9 Å². The topological polar surface area (TPSA) is 175 Å². The molecule has 79 heavy (non-hydrogen) atoms. The normalized spacial score (nSPS) is 18.0. The Balaban J connectivity index is 2.62. The average Bonchev–Trinajstić information content (AvgIpc) is 3.47. The summed E-state index contributed by atoms with van der Waals surface area (Å²) >= 11 is 0. The van der Waals surface area contributed by atoms with Crippen LogP contribution in [0, 0.1) is 0 Å². The lowest BCUT2D eigenvalue weighted by Crippen LogP contribution is -2.61. The van der Waals surface area contributed by atoms with Crippen LogP contribution in [0.15, 0.2) is 36.5 Å². The Labute approximate surface area is 482 Å². The van der Waals surface area contributed by atoms with E-state index in [1.807, 2.05) is 0 Å². The van der Waals surface area contributed by atoms with Crippen LogP contribution in [-0.2, 0) is 42.9 Å². The summed E-state index contributed by atoms with van der Waals surface area (Å²) in [5, 5.41) is 31.6. The first-order valence-electron chi connectivity index (χ1n) is 33.0. The van der Waals surface area contributed by atoms with Crippen LogP contribution in [0.25, 0.3) is 0 Å². The van der Waals surface area contributed by atoms with Crippen molar-refractivity contribution in [2.75, 3.05) is 13.2 Å². The first-order valence-corrected chi connectivity index (χ1v) is 33.0. The molecule has 1 saturated heterocycles. The van der Waals surface area contributed by atoms with Crippen LogP contribution in [0.1, 0.15) is 316 Å². The highest BCUT2D eigenvalue weighted by atomic mass is 16.7. The zero-order valence-electron chi connectivity index (χ0n) is 50.9. The second-order valence-electron chi connectivity index (χ2n) is 22.7. The average molecular weight is 1120 g/mol. The highest BCUT2D eigenvalue weighted by molar-refractivity contribution is 5.74. The molecule has 1 fully saturated rings. The Kier molecular flexibility index (Phi) is 51.9. The summed E-state index contributed by atoms with van der Waals surface area (Å²) in [5.41, 5.74) is 0. The van der Waals surface area contributed by atoms with E-state index in [2.05, 4.69) is 57.2 Å². The van der Waals surface area contributed by atoms with Crippen LogP contribution in [0.3, 0.4) is 0 Å². The lowest BCUT2D eigenvalue weighted by molar-refractivity contribution is -0.301. The molecule has 0 saturated carbocycles. The molecule has 460 valence electrons. The summed E-state index contributed by atoms with van der Waals surface area (Å²) in [6.07, 6.45) is 53.9. The molecule has 0 bridgehead atoms. The molecule has 1 heterocycles. The third-order valence-corrected chi connectivity index (χ3v) is 15.2. The van der Waals surface area contributed by atoms with Gasteiger partial charge in [-0.05, 0) is 51.4 Å². The van der Waals surface area contributed by atoms with Gasteiger partial charge in [0.05, 0.1) is 6.61 Å². The number of carboxylic acid groups (broad SMARTS) is 1. The van der Waals surface area contributed by atoms with E-state index in [1.54, 1.807) is 0 Å². The Morgan fingerprint density at radius 2 is 0.797 bits per heavy atom. The van der Waals surface area contributed by atoms with Crippen LogP contribution in [0.2, 0.25) is 0 Å². The van der Waals surface area contributed by atoms with Gasteiger partial charge in [-0.15, -0.1) is 0 Å².